The van der Waals surface area contributed by atoms with E-state index in [0.717, 1.165) is 5.69 Å². The first-order valence-electron chi connectivity index (χ1n) is 6.31. The summed E-state index contributed by atoms with van der Waals surface area (Å²) in [6, 6.07) is 6.20. The quantitative estimate of drug-likeness (QED) is 0.335. The first-order valence-corrected chi connectivity index (χ1v) is 6.71. The van der Waals surface area contributed by atoms with Gasteiger partial charge in [-0.05, 0) is 49.0 Å². The summed E-state index contributed by atoms with van der Waals surface area (Å²) in [7, 11) is 0. The molecule has 112 valence electrons. The SMILES string of the molecule is Cc1cc(-c2n[nH]c(=S)n2/N=C\c2ccc(O)c(O)c2)n[nH]1. The third-order valence-electron chi connectivity index (χ3n) is 2.91. The second kappa shape index (κ2) is 5.45. The summed E-state index contributed by atoms with van der Waals surface area (Å²) in [6.45, 7) is 1.88. The fourth-order valence-corrected chi connectivity index (χ4v) is 2.02. The van der Waals surface area contributed by atoms with E-state index in [0.29, 0.717) is 21.9 Å². The number of hydrogen-bond acceptors (Lipinski definition) is 6. The number of nitrogens with zero attached hydrogens (tertiary/aromatic N) is 4. The highest BCUT2D eigenvalue weighted by atomic mass is 32.1. The Hall–Kier alpha value is -2.94. The van der Waals surface area contributed by atoms with Gasteiger partial charge in [-0.3, -0.25) is 5.10 Å². The van der Waals surface area contributed by atoms with Crippen molar-refractivity contribution in [3.8, 4) is 23.0 Å². The predicted molar refractivity (Wildman–Crippen MR) is 82.5 cm³/mol. The van der Waals surface area contributed by atoms with Crippen LogP contribution in [0.1, 0.15) is 11.3 Å². The maximum Gasteiger partial charge on any atom is 0.216 e. The molecule has 0 saturated heterocycles. The molecular formula is C13H12N6O2S. The lowest BCUT2D eigenvalue weighted by molar-refractivity contribution is 0.403. The van der Waals surface area contributed by atoms with Gasteiger partial charge in [-0.1, -0.05) is 0 Å². The number of aromatic nitrogens is 5. The van der Waals surface area contributed by atoms with Crippen molar-refractivity contribution < 1.29 is 10.2 Å². The molecule has 3 rings (SSSR count). The topological polar surface area (TPSA) is 115 Å². The lowest BCUT2D eigenvalue weighted by Gasteiger charge is -1.99. The van der Waals surface area contributed by atoms with Gasteiger partial charge in [0.2, 0.25) is 10.6 Å². The fraction of sp³-hybridized carbons (Fsp3) is 0.0769. The largest absolute Gasteiger partial charge is 0.504 e. The lowest BCUT2D eigenvalue weighted by atomic mass is 10.2. The zero-order valence-electron chi connectivity index (χ0n) is 11.5. The molecule has 9 heteroatoms. The number of benzene rings is 1. The molecule has 0 unspecified atom stereocenters. The molecule has 2 heterocycles. The molecule has 0 aliphatic rings. The first kappa shape index (κ1) is 14.0. The van der Waals surface area contributed by atoms with Crippen LogP contribution in [0.5, 0.6) is 11.5 Å². The van der Waals surface area contributed by atoms with Gasteiger partial charge >= 0.3 is 0 Å². The van der Waals surface area contributed by atoms with Gasteiger partial charge in [0.25, 0.3) is 0 Å². The monoisotopic (exact) mass is 316 g/mol. The molecule has 22 heavy (non-hydrogen) atoms. The van der Waals surface area contributed by atoms with Crippen molar-refractivity contribution in [2.45, 2.75) is 6.92 Å². The molecule has 0 saturated carbocycles. The Bertz CT molecular complexity index is 907. The highest BCUT2D eigenvalue weighted by Gasteiger charge is 2.11. The van der Waals surface area contributed by atoms with E-state index in [4.69, 9.17) is 12.2 Å². The molecule has 0 radical (unpaired) electrons. The molecule has 0 aliphatic heterocycles. The van der Waals surface area contributed by atoms with Crippen molar-refractivity contribution in [2.75, 3.05) is 0 Å². The second-order valence-electron chi connectivity index (χ2n) is 4.59. The molecule has 0 spiro atoms. The minimum Gasteiger partial charge on any atom is -0.504 e. The van der Waals surface area contributed by atoms with Crippen molar-refractivity contribution in [1.29, 1.82) is 0 Å². The number of H-pyrrole nitrogens is 2. The summed E-state index contributed by atoms with van der Waals surface area (Å²) < 4.78 is 1.74. The van der Waals surface area contributed by atoms with Crippen LogP contribution in [-0.4, -0.2) is 41.5 Å². The third kappa shape index (κ3) is 2.61. The maximum absolute atomic E-state index is 9.48. The predicted octanol–water partition coefficient (Wildman–Crippen LogP) is 1.93. The van der Waals surface area contributed by atoms with Crippen LogP contribution >= 0.6 is 12.2 Å². The van der Waals surface area contributed by atoms with Gasteiger partial charge in [0.15, 0.2) is 11.5 Å². The summed E-state index contributed by atoms with van der Waals surface area (Å²) in [5.74, 6) is 0.0567. The number of aromatic amines is 2. The van der Waals surface area contributed by atoms with E-state index in [1.807, 2.05) is 13.0 Å². The Morgan fingerprint density at radius 1 is 1.18 bits per heavy atom. The standard InChI is InChI=1S/C13H12N6O2S/c1-7-4-9(16-15-7)12-17-18-13(22)19(12)14-6-8-2-3-10(20)11(21)5-8/h2-6,20-21H,1H3,(H,15,16)(H,18,22)/b14-6-. The van der Waals surface area contributed by atoms with Gasteiger partial charge in [-0.15, -0.1) is 0 Å². The Kier molecular flexibility index (Phi) is 3.47. The van der Waals surface area contributed by atoms with E-state index in [9.17, 15) is 10.2 Å². The number of aryl methyl sites for hydroxylation is 1. The van der Waals surface area contributed by atoms with Crippen LogP contribution in [0.25, 0.3) is 11.5 Å². The highest BCUT2D eigenvalue weighted by Crippen LogP contribution is 2.24. The van der Waals surface area contributed by atoms with Gasteiger partial charge in [0, 0.05) is 5.69 Å². The Labute approximate surface area is 129 Å². The van der Waals surface area contributed by atoms with Crippen LogP contribution in [-0.2, 0) is 0 Å². The number of phenols is 2. The van der Waals surface area contributed by atoms with E-state index in [-0.39, 0.29) is 11.5 Å². The summed E-state index contributed by atoms with van der Waals surface area (Å²) in [5.41, 5.74) is 2.10. The summed E-state index contributed by atoms with van der Waals surface area (Å²) >= 11 is 5.15. The highest BCUT2D eigenvalue weighted by molar-refractivity contribution is 7.71. The number of phenolic OH excluding ortho intramolecular Hbond substituents is 2. The maximum atomic E-state index is 9.48. The molecule has 4 N–H and O–H groups in total. The van der Waals surface area contributed by atoms with Crippen molar-refractivity contribution in [2.24, 2.45) is 5.10 Å². The van der Waals surface area contributed by atoms with Gasteiger partial charge in [-0.25, -0.2) is 5.10 Å². The van der Waals surface area contributed by atoms with Gasteiger partial charge in [-0.2, -0.15) is 20.0 Å². The van der Waals surface area contributed by atoms with Crippen LogP contribution in [0.4, 0.5) is 0 Å². The van der Waals surface area contributed by atoms with Crippen LogP contribution in [0.2, 0.25) is 0 Å². The number of rotatable bonds is 3. The second-order valence-corrected chi connectivity index (χ2v) is 4.98. The number of aromatic hydroxyl groups is 2. The lowest BCUT2D eigenvalue weighted by Crippen LogP contribution is -1.95. The Morgan fingerprint density at radius 3 is 2.68 bits per heavy atom. The third-order valence-corrected chi connectivity index (χ3v) is 3.17. The molecule has 0 amide bonds. The molecule has 1 aromatic carbocycles. The van der Waals surface area contributed by atoms with Crippen LogP contribution < -0.4 is 0 Å². The van der Waals surface area contributed by atoms with Gasteiger partial charge in [0.1, 0.15) is 5.69 Å². The zero-order chi connectivity index (χ0) is 15.7. The molecule has 0 atom stereocenters. The van der Waals surface area contributed by atoms with E-state index in [1.165, 1.54) is 23.0 Å². The van der Waals surface area contributed by atoms with Crippen molar-refractivity contribution in [3.05, 3.63) is 40.3 Å². The zero-order valence-corrected chi connectivity index (χ0v) is 12.3. The average molecular weight is 316 g/mol. The van der Waals surface area contributed by atoms with E-state index < -0.39 is 0 Å². The molecular weight excluding hydrogens is 304 g/mol. The Balaban J connectivity index is 1.98. The summed E-state index contributed by atoms with van der Waals surface area (Å²) in [5, 5.41) is 36.7. The molecule has 8 nitrogen and oxygen atoms in total. The van der Waals surface area contributed by atoms with Gasteiger partial charge in [0.05, 0.1) is 6.21 Å². The van der Waals surface area contributed by atoms with Crippen molar-refractivity contribution in [3.63, 3.8) is 0 Å². The fourth-order valence-electron chi connectivity index (χ4n) is 1.84. The molecule has 3 aromatic rings. The molecule has 2 aromatic heterocycles. The molecule has 0 fully saturated rings. The number of hydrogen-bond donors (Lipinski definition) is 4. The Morgan fingerprint density at radius 2 is 2.00 bits per heavy atom. The van der Waals surface area contributed by atoms with Crippen LogP contribution in [0.15, 0.2) is 29.4 Å². The van der Waals surface area contributed by atoms with Crippen LogP contribution in [0.3, 0.4) is 0 Å². The minimum absolute atomic E-state index is 0.190. The number of nitrogens with one attached hydrogen (secondary N) is 2. The normalized spacial score (nSPS) is 11.3. The van der Waals surface area contributed by atoms with E-state index in [1.54, 1.807) is 6.07 Å². The van der Waals surface area contributed by atoms with Gasteiger partial charge < -0.3 is 10.2 Å². The summed E-state index contributed by atoms with van der Waals surface area (Å²) in [6.07, 6.45) is 1.49. The molecule has 0 bridgehead atoms. The smallest absolute Gasteiger partial charge is 0.216 e. The minimum atomic E-state index is -0.220. The average Bonchev–Trinajstić information content (AvgIpc) is 3.06. The first-order chi connectivity index (χ1) is 10.5. The summed E-state index contributed by atoms with van der Waals surface area (Å²) in [4.78, 5) is 0. The van der Waals surface area contributed by atoms with E-state index >= 15 is 0 Å². The van der Waals surface area contributed by atoms with Crippen molar-refractivity contribution in [1.82, 2.24) is 25.1 Å². The van der Waals surface area contributed by atoms with Crippen LogP contribution in [0, 0.1) is 11.7 Å². The molecule has 0 aliphatic carbocycles. The van der Waals surface area contributed by atoms with E-state index in [2.05, 4.69) is 25.5 Å². The van der Waals surface area contributed by atoms with Crippen molar-refractivity contribution >= 4 is 18.4 Å².